The van der Waals surface area contributed by atoms with Crippen LogP contribution in [-0.4, -0.2) is 60.8 Å². The molecule has 122 valence electrons. The van der Waals surface area contributed by atoms with Crippen LogP contribution in [0.1, 0.15) is 24.3 Å². The van der Waals surface area contributed by atoms with Crippen LogP contribution in [0.15, 0.2) is 11.4 Å². The van der Waals surface area contributed by atoms with E-state index in [1.54, 1.807) is 0 Å². The van der Waals surface area contributed by atoms with Crippen molar-refractivity contribution in [2.45, 2.75) is 38.9 Å². The Morgan fingerprint density at radius 2 is 2.41 bits per heavy atom. The number of urea groups is 1. The molecule has 0 bridgehead atoms. The lowest BCUT2D eigenvalue weighted by Crippen LogP contribution is -2.53. The quantitative estimate of drug-likeness (QED) is 0.924. The first-order valence-electron chi connectivity index (χ1n) is 8.06. The van der Waals surface area contributed by atoms with Gasteiger partial charge in [-0.1, -0.05) is 0 Å². The minimum atomic E-state index is 0.0379. The Hall–Kier alpha value is -1.11. The molecule has 3 rings (SSSR count). The standard InChI is InChI=1S/C16H25N3O2S/c1-12(18-5-3-15-14(10-18)4-8-22-15)9-17-16(20)19-6-7-21-11-13(19)2/h4,8,12-13H,3,5-7,9-11H2,1-2H3,(H,17,20). The molecule has 2 atom stereocenters. The lowest BCUT2D eigenvalue weighted by atomic mass is 10.1. The van der Waals surface area contributed by atoms with Crippen LogP contribution in [0.2, 0.25) is 0 Å². The summed E-state index contributed by atoms with van der Waals surface area (Å²) in [5.74, 6) is 0. The molecule has 0 radical (unpaired) electrons. The van der Waals surface area contributed by atoms with Crippen molar-refractivity contribution in [3.05, 3.63) is 21.9 Å². The largest absolute Gasteiger partial charge is 0.377 e. The maximum absolute atomic E-state index is 12.3. The normalized spacial score (nSPS) is 23.9. The zero-order chi connectivity index (χ0) is 15.5. The van der Waals surface area contributed by atoms with Gasteiger partial charge < -0.3 is 15.0 Å². The van der Waals surface area contributed by atoms with E-state index >= 15 is 0 Å². The van der Waals surface area contributed by atoms with Gasteiger partial charge in [-0.15, -0.1) is 11.3 Å². The van der Waals surface area contributed by atoms with Crippen LogP contribution in [0.25, 0.3) is 0 Å². The van der Waals surface area contributed by atoms with E-state index in [2.05, 4.69) is 28.6 Å². The third-order valence-electron chi connectivity index (χ3n) is 4.64. The number of hydrogen-bond acceptors (Lipinski definition) is 4. The van der Waals surface area contributed by atoms with Crippen molar-refractivity contribution in [2.75, 3.05) is 32.8 Å². The average molecular weight is 323 g/mol. The molecule has 22 heavy (non-hydrogen) atoms. The number of carbonyl (C=O) groups is 1. The summed E-state index contributed by atoms with van der Waals surface area (Å²) in [6.07, 6.45) is 1.13. The van der Waals surface area contributed by atoms with E-state index in [0.717, 1.165) is 19.5 Å². The molecule has 1 saturated heterocycles. The molecule has 1 aromatic rings. The fourth-order valence-electron chi connectivity index (χ4n) is 3.14. The zero-order valence-corrected chi connectivity index (χ0v) is 14.2. The Morgan fingerprint density at radius 1 is 1.55 bits per heavy atom. The maximum Gasteiger partial charge on any atom is 0.317 e. The molecule has 0 saturated carbocycles. The molecular weight excluding hydrogens is 298 g/mol. The topological polar surface area (TPSA) is 44.8 Å². The van der Waals surface area contributed by atoms with E-state index in [1.807, 2.05) is 23.2 Å². The van der Waals surface area contributed by atoms with Gasteiger partial charge in [-0.2, -0.15) is 0 Å². The number of hydrogen-bond donors (Lipinski definition) is 1. The highest BCUT2D eigenvalue weighted by Crippen LogP contribution is 2.24. The molecule has 1 N–H and O–H groups in total. The molecule has 2 unspecified atom stereocenters. The number of carbonyl (C=O) groups excluding carboxylic acids is 1. The summed E-state index contributed by atoms with van der Waals surface area (Å²) in [6, 6.07) is 2.78. The molecule has 2 aliphatic rings. The van der Waals surface area contributed by atoms with Crippen molar-refractivity contribution < 1.29 is 9.53 Å². The van der Waals surface area contributed by atoms with Gasteiger partial charge in [-0.3, -0.25) is 4.90 Å². The third kappa shape index (κ3) is 3.45. The van der Waals surface area contributed by atoms with Crippen LogP contribution in [0.4, 0.5) is 4.79 Å². The van der Waals surface area contributed by atoms with Gasteiger partial charge in [0.05, 0.1) is 19.3 Å². The summed E-state index contributed by atoms with van der Waals surface area (Å²) in [7, 11) is 0. The van der Waals surface area contributed by atoms with Crippen LogP contribution in [0.5, 0.6) is 0 Å². The maximum atomic E-state index is 12.3. The van der Waals surface area contributed by atoms with Crippen molar-refractivity contribution in [1.29, 1.82) is 0 Å². The molecule has 1 aromatic heterocycles. The molecule has 2 aliphatic heterocycles. The molecule has 5 nitrogen and oxygen atoms in total. The fraction of sp³-hybridized carbons (Fsp3) is 0.688. The highest BCUT2D eigenvalue weighted by molar-refractivity contribution is 7.10. The third-order valence-corrected chi connectivity index (χ3v) is 5.66. The van der Waals surface area contributed by atoms with Crippen LogP contribution < -0.4 is 5.32 Å². The van der Waals surface area contributed by atoms with Crippen LogP contribution in [-0.2, 0) is 17.7 Å². The average Bonchev–Trinajstić information content (AvgIpc) is 3.00. The highest BCUT2D eigenvalue weighted by atomic mass is 32.1. The Kier molecular flexibility index (Phi) is 5.00. The Balaban J connectivity index is 1.48. The van der Waals surface area contributed by atoms with Gasteiger partial charge in [0.25, 0.3) is 0 Å². The number of rotatable bonds is 3. The second-order valence-corrected chi connectivity index (χ2v) is 7.24. The van der Waals surface area contributed by atoms with Crippen molar-refractivity contribution >= 4 is 17.4 Å². The Morgan fingerprint density at radius 3 is 3.23 bits per heavy atom. The molecule has 6 heteroatoms. The minimum Gasteiger partial charge on any atom is -0.377 e. The molecule has 2 amide bonds. The van der Waals surface area contributed by atoms with E-state index in [9.17, 15) is 4.79 Å². The highest BCUT2D eigenvalue weighted by Gasteiger charge is 2.25. The number of nitrogens with one attached hydrogen (secondary N) is 1. The predicted octanol–water partition coefficient (Wildman–Crippen LogP) is 1.92. The number of thiophene rings is 1. The molecular formula is C16H25N3O2S. The summed E-state index contributed by atoms with van der Waals surface area (Å²) in [6.45, 7) is 8.97. The van der Waals surface area contributed by atoms with Gasteiger partial charge in [0.15, 0.2) is 0 Å². The van der Waals surface area contributed by atoms with E-state index in [1.165, 1.54) is 10.4 Å². The van der Waals surface area contributed by atoms with E-state index < -0.39 is 0 Å². The van der Waals surface area contributed by atoms with Gasteiger partial charge in [0.1, 0.15) is 0 Å². The fourth-order valence-corrected chi connectivity index (χ4v) is 4.03. The number of fused-ring (bicyclic) bond motifs is 1. The Labute approximate surface area is 136 Å². The van der Waals surface area contributed by atoms with Crippen molar-refractivity contribution in [2.24, 2.45) is 0 Å². The van der Waals surface area contributed by atoms with E-state index in [0.29, 0.717) is 32.3 Å². The first-order valence-corrected chi connectivity index (χ1v) is 8.94. The first-order chi connectivity index (χ1) is 10.6. The van der Waals surface area contributed by atoms with Crippen LogP contribution in [0, 0.1) is 0 Å². The van der Waals surface area contributed by atoms with Gasteiger partial charge in [-0.25, -0.2) is 4.79 Å². The summed E-state index contributed by atoms with van der Waals surface area (Å²) in [5.41, 5.74) is 1.45. The van der Waals surface area contributed by atoms with E-state index in [4.69, 9.17) is 4.74 Å². The number of amides is 2. The van der Waals surface area contributed by atoms with Crippen molar-refractivity contribution in [3.63, 3.8) is 0 Å². The molecule has 0 aliphatic carbocycles. The molecule has 3 heterocycles. The number of morpholine rings is 1. The van der Waals surface area contributed by atoms with Gasteiger partial charge in [-0.05, 0) is 37.3 Å². The van der Waals surface area contributed by atoms with Gasteiger partial charge in [0, 0.05) is 37.1 Å². The molecule has 1 fully saturated rings. The second kappa shape index (κ2) is 6.98. The van der Waals surface area contributed by atoms with E-state index in [-0.39, 0.29) is 12.1 Å². The van der Waals surface area contributed by atoms with Crippen LogP contribution in [0.3, 0.4) is 0 Å². The lowest BCUT2D eigenvalue weighted by molar-refractivity contribution is 0.0186. The first kappa shape index (κ1) is 15.8. The lowest BCUT2D eigenvalue weighted by Gasteiger charge is -2.35. The Bertz CT molecular complexity index is 519. The minimum absolute atomic E-state index is 0.0379. The zero-order valence-electron chi connectivity index (χ0n) is 13.4. The van der Waals surface area contributed by atoms with Crippen molar-refractivity contribution in [1.82, 2.24) is 15.1 Å². The number of nitrogens with zero attached hydrogens (tertiary/aromatic N) is 2. The summed E-state index contributed by atoms with van der Waals surface area (Å²) in [4.78, 5) is 18.2. The monoisotopic (exact) mass is 323 g/mol. The summed E-state index contributed by atoms with van der Waals surface area (Å²) < 4.78 is 5.38. The van der Waals surface area contributed by atoms with Crippen molar-refractivity contribution in [3.8, 4) is 0 Å². The summed E-state index contributed by atoms with van der Waals surface area (Å²) >= 11 is 1.86. The summed E-state index contributed by atoms with van der Waals surface area (Å²) in [5, 5.41) is 5.27. The van der Waals surface area contributed by atoms with Gasteiger partial charge in [0.2, 0.25) is 0 Å². The second-order valence-electron chi connectivity index (χ2n) is 6.24. The SMILES string of the molecule is CC(CNC(=O)N1CCOCC1C)N1CCc2sccc2C1. The predicted molar refractivity (Wildman–Crippen MR) is 88.3 cm³/mol. The molecule has 0 spiro atoms. The molecule has 0 aromatic carbocycles. The smallest absolute Gasteiger partial charge is 0.317 e. The van der Waals surface area contributed by atoms with Crippen LogP contribution >= 0.6 is 11.3 Å². The van der Waals surface area contributed by atoms with Gasteiger partial charge >= 0.3 is 6.03 Å². The number of ether oxygens (including phenoxy) is 1.